The average molecular weight is 398 g/mol. The summed E-state index contributed by atoms with van der Waals surface area (Å²) in [4.78, 5) is 12.9. The van der Waals surface area contributed by atoms with E-state index in [-0.39, 0.29) is 22.5 Å². The Hall–Kier alpha value is -3.68. The highest BCUT2D eigenvalue weighted by molar-refractivity contribution is 5.99. The number of ether oxygens (including phenoxy) is 2. The molecule has 2 aromatic heterocycles. The molecule has 0 atom stereocenters. The van der Waals surface area contributed by atoms with E-state index in [1.807, 2.05) is 0 Å². The summed E-state index contributed by atoms with van der Waals surface area (Å²) in [5.41, 5.74) is 0.147. The van der Waals surface area contributed by atoms with Crippen molar-refractivity contribution < 1.29 is 22.7 Å². The fourth-order valence-electron chi connectivity index (χ4n) is 3.32. The molecule has 148 valence electrons. The average Bonchev–Trinajstić information content (AvgIpc) is 3.11. The molecular formula is C21H16F2N2O4. The van der Waals surface area contributed by atoms with Crippen LogP contribution in [0.3, 0.4) is 0 Å². The first kappa shape index (κ1) is 18.7. The van der Waals surface area contributed by atoms with Crippen LogP contribution in [-0.4, -0.2) is 24.0 Å². The fraction of sp³-hybridized carbons (Fsp3) is 0.143. The molecule has 0 bridgehead atoms. The molecule has 8 heteroatoms. The Bertz CT molecular complexity index is 1270. The van der Waals surface area contributed by atoms with Crippen molar-refractivity contribution in [2.24, 2.45) is 7.05 Å². The van der Waals surface area contributed by atoms with Crippen LogP contribution in [0, 0.1) is 11.6 Å². The lowest BCUT2D eigenvalue weighted by Gasteiger charge is -2.15. The summed E-state index contributed by atoms with van der Waals surface area (Å²) in [6, 6.07) is 7.74. The maximum Gasteiger partial charge on any atom is 0.197 e. The van der Waals surface area contributed by atoms with Gasteiger partial charge in [0.25, 0.3) is 0 Å². The van der Waals surface area contributed by atoms with E-state index in [9.17, 15) is 13.6 Å². The van der Waals surface area contributed by atoms with Crippen molar-refractivity contribution in [3.05, 3.63) is 64.5 Å². The van der Waals surface area contributed by atoms with Crippen LogP contribution in [0.4, 0.5) is 8.78 Å². The zero-order valence-electron chi connectivity index (χ0n) is 15.8. The van der Waals surface area contributed by atoms with E-state index in [4.69, 9.17) is 13.9 Å². The Kier molecular flexibility index (Phi) is 4.54. The van der Waals surface area contributed by atoms with Gasteiger partial charge in [-0.2, -0.15) is 5.10 Å². The molecule has 0 N–H and O–H groups in total. The van der Waals surface area contributed by atoms with Gasteiger partial charge in [-0.1, -0.05) is 6.07 Å². The number of aryl methyl sites for hydroxylation is 1. The summed E-state index contributed by atoms with van der Waals surface area (Å²) in [5.74, 6) is -1.35. The van der Waals surface area contributed by atoms with Crippen LogP contribution in [0.15, 0.2) is 51.8 Å². The van der Waals surface area contributed by atoms with Gasteiger partial charge in [-0.25, -0.2) is 8.78 Å². The molecule has 0 spiro atoms. The summed E-state index contributed by atoms with van der Waals surface area (Å²) in [6.07, 6.45) is 1.57. The van der Waals surface area contributed by atoms with Gasteiger partial charge in [-0.3, -0.25) is 9.48 Å². The number of hydrogen-bond acceptors (Lipinski definition) is 5. The predicted octanol–water partition coefficient (Wildman–Crippen LogP) is 4.16. The fourth-order valence-corrected chi connectivity index (χ4v) is 3.32. The van der Waals surface area contributed by atoms with E-state index in [1.165, 1.54) is 20.3 Å². The minimum Gasteiger partial charge on any atom is -0.496 e. The number of aromatic nitrogens is 2. The molecular weight excluding hydrogens is 382 g/mol. The lowest BCUT2D eigenvalue weighted by molar-refractivity contribution is 0.397. The van der Waals surface area contributed by atoms with Crippen LogP contribution in [0.1, 0.15) is 0 Å². The van der Waals surface area contributed by atoms with Gasteiger partial charge < -0.3 is 13.9 Å². The van der Waals surface area contributed by atoms with Crippen LogP contribution in [-0.2, 0) is 7.05 Å². The highest BCUT2D eigenvalue weighted by atomic mass is 19.1. The molecule has 4 rings (SSSR count). The molecule has 0 fully saturated rings. The van der Waals surface area contributed by atoms with E-state index < -0.39 is 22.6 Å². The quantitative estimate of drug-likeness (QED) is 0.517. The third kappa shape index (κ3) is 2.93. The summed E-state index contributed by atoms with van der Waals surface area (Å²) < 4.78 is 46.9. The van der Waals surface area contributed by atoms with Crippen molar-refractivity contribution in [2.45, 2.75) is 0 Å². The normalized spacial score (nSPS) is 11.1. The lowest BCUT2D eigenvalue weighted by atomic mass is 10.0. The van der Waals surface area contributed by atoms with E-state index in [0.717, 1.165) is 18.2 Å². The van der Waals surface area contributed by atoms with Crippen molar-refractivity contribution in [2.75, 3.05) is 14.2 Å². The number of hydrogen-bond donors (Lipinski definition) is 0. The van der Waals surface area contributed by atoms with E-state index in [0.29, 0.717) is 17.0 Å². The number of nitrogens with zero attached hydrogens (tertiary/aromatic N) is 2. The van der Waals surface area contributed by atoms with Gasteiger partial charge in [0.1, 0.15) is 34.3 Å². The zero-order valence-corrected chi connectivity index (χ0v) is 15.8. The van der Waals surface area contributed by atoms with Gasteiger partial charge in [0.2, 0.25) is 0 Å². The van der Waals surface area contributed by atoms with Crippen LogP contribution in [0.25, 0.3) is 33.6 Å². The molecule has 6 nitrogen and oxygen atoms in total. The van der Waals surface area contributed by atoms with Gasteiger partial charge in [0.15, 0.2) is 11.0 Å². The lowest BCUT2D eigenvalue weighted by Crippen LogP contribution is -2.06. The number of rotatable bonds is 4. The Labute approximate surface area is 163 Å². The summed E-state index contributed by atoms with van der Waals surface area (Å²) in [6.45, 7) is 0. The molecule has 0 aliphatic rings. The minimum absolute atomic E-state index is 0.0787. The number of methoxy groups -OCH3 is 2. The van der Waals surface area contributed by atoms with Gasteiger partial charge in [0, 0.05) is 25.4 Å². The zero-order chi connectivity index (χ0) is 20.7. The summed E-state index contributed by atoms with van der Waals surface area (Å²) in [7, 11) is 4.57. The molecule has 0 amide bonds. The first-order valence-electron chi connectivity index (χ1n) is 8.61. The number of fused-ring (bicyclic) bond motifs is 1. The molecule has 0 radical (unpaired) electrons. The van der Waals surface area contributed by atoms with Crippen LogP contribution in [0.5, 0.6) is 11.5 Å². The maximum absolute atomic E-state index is 14.3. The van der Waals surface area contributed by atoms with E-state index in [2.05, 4.69) is 5.10 Å². The Morgan fingerprint density at radius 1 is 1.00 bits per heavy atom. The molecule has 2 aromatic carbocycles. The smallest absolute Gasteiger partial charge is 0.197 e. The molecule has 0 aliphatic carbocycles. The predicted molar refractivity (Wildman–Crippen MR) is 103 cm³/mol. The highest BCUT2D eigenvalue weighted by Gasteiger charge is 2.24. The number of benzene rings is 2. The second-order valence-corrected chi connectivity index (χ2v) is 6.27. The van der Waals surface area contributed by atoms with Crippen molar-refractivity contribution in [1.82, 2.24) is 9.78 Å². The molecule has 0 saturated carbocycles. The number of halogens is 2. The van der Waals surface area contributed by atoms with Crippen LogP contribution >= 0.6 is 0 Å². The molecule has 4 aromatic rings. The first-order valence-corrected chi connectivity index (χ1v) is 8.61. The van der Waals surface area contributed by atoms with E-state index in [1.54, 1.807) is 30.1 Å². The van der Waals surface area contributed by atoms with Crippen LogP contribution in [0.2, 0.25) is 0 Å². The van der Waals surface area contributed by atoms with Gasteiger partial charge in [0.05, 0.1) is 31.0 Å². The van der Waals surface area contributed by atoms with Crippen LogP contribution < -0.4 is 14.9 Å². The highest BCUT2D eigenvalue weighted by Crippen LogP contribution is 2.42. The van der Waals surface area contributed by atoms with Crippen molar-refractivity contribution in [1.29, 1.82) is 0 Å². The van der Waals surface area contributed by atoms with Gasteiger partial charge in [-0.05, 0) is 18.2 Å². The largest absolute Gasteiger partial charge is 0.496 e. The third-order valence-corrected chi connectivity index (χ3v) is 4.66. The second kappa shape index (κ2) is 7.05. The second-order valence-electron chi connectivity index (χ2n) is 6.27. The van der Waals surface area contributed by atoms with Gasteiger partial charge >= 0.3 is 0 Å². The summed E-state index contributed by atoms with van der Waals surface area (Å²) in [5, 5.41) is 4.27. The molecule has 0 saturated heterocycles. The van der Waals surface area contributed by atoms with Crippen molar-refractivity contribution >= 4 is 11.0 Å². The Morgan fingerprint density at radius 3 is 2.28 bits per heavy atom. The van der Waals surface area contributed by atoms with Gasteiger partial charge in [-0.15, -0.1) is 0 Å². The van der Waals surface area contributed by atoms with E-state index >= 15 is 0 Å². The molecule has 0 aliphatic heterocycles. The summed E-state index contributed by atoms with van der Waals surface area (Å²) >= 11 is 0. The topological polar surface area (TPSA) is 66.5 Å². The monoisotopic (exact) mass is 398 g/mol. The van der Waals surface area contributed by atoms with Crippen molar-refractivity contribution in [3.63, 3.8) is 0 Å². The third-order valence-electron chi connectivity index (χ3n) is 4.66. The molecule has 29 heavy (non-hydrogen) atoms. The standard InChI is InChI=1S/C21H16F2N2O4/c1-25-13(7-8-24-25)19-15(27-2)10-16(28-3)20-14(26)9-17(29-21(19)20)18-11(22)5-4-6-12(18)23/h4-10H,1-3H3. The van der Waals surface area contributed by atoms with Crippen molar-refractivity contribution in [3.8, 4) is 34.1 Å². The maximum atomic E-state index is 14.3. The SMILES string of the molecule is COc1cc(OC)c2c(=O)cc(-c3c(F)cccc3F)oc2c1-c1ccnn1C. The minimum atomic E-state index is -0.843. The Morgan fingerprint density at radius 2 is 1.69 bits per heavy atom. The molecule has 2 heterocycles. The first-order chi connectivity index (χ1) is 14.0. The molecule has 0 unspecified atom stereocenters. The Balaban J connectivity index is 2.18.